The molecule has 0 aliphatic heterocycles. The second-order valence-electron chi connectivity index (χ2n) is 5.14. The number of hydrogen-bond donors (Lipinski definition) is 0. The fourth-order valence-electron chi connectivity index (χ4n) is 2.44. The largest absolute Gasteiger partial charge is 0.356 e. The summed E-state index contributed by atoms with van der Waals surface area (Å²) in [6, 6.07) is 2.00. The van der Waals surface area contributed by atoms with Crippen LogP contribution in [0.15, 0.2) is 10.9 Å². The summed E-state index contributed by atoms with van der Waals surface area (Å²) in [7, 11) is 0. The number of hydrogen-bond acceptors (Lipinski definition) is 4. The molecule has 2 heterocycles. The monoisotopic (exact) mass is 274 g/mol. The van der Waals surface area contributed by atoms with Crippen molar-refractivity contribution in [1.29, 1.82) is 0 Å². The number of pyridine rings is 1. The maximum Gasteiger partial charge on any atom is 0.356 e. The summed E-state index contributed by atoms with van der Waals surface area (Å²) in [6.45, 7) is 11.8. The van der Waals surface area contributed by atoms with Crippen LogP contribution < -0.4 is 10.6 Å². The molecule has 20 heavy (non-hydrogen) atoms. The molecule has 5 nitrogen and oxygen atoms in total. The predicted molar refractivity (Wildman–Crippen MR) is 81.6 cm³/mol. The lowest BCUT2D eigenvalue weighted by atomic mass is 10.1. The van der Waals surface area contributed by atoms with Crippen LogP contribution in [0.3, 0.4) is 0 Å². The summed E-state index contributed by atoms with van der Waals surface area (Å²) in [6.07, 6.45) is 1.00. The molecule has 0 aliphatic carbocycles. The third-order valence-corrected chi connectivity index (χ3v) is 3.67. The van der Waals surface area contributed by atoms with Gasteiger partial charge >= 0.3 is 5.69 Å². The van der Waals surface area contributed by atoms with Crippen molar-refractivity contribution in [2.45, 2.75) is 41.0 Å². The van der Waals surface area contributed by atoms with Crippen molar-refractivity contribution < 1.29 is 0 Å². The van der Waals surface area contributed by atoms with Crippen LogP contribution in [0.25, 0.3) is 5.65 Å². The van der Waals surface area contributed by atoms with Gasteiger partial charge in [0, 0.05) is 18.8 Å². The van der Waals surface area contributed by atoms with Crippen molar-refractivity contribution in [2.75, 3.05) is 18.0 Å². The van der Waals surface area contributed by atoms with Crippen LogP contribution in [-0.4, -0.2) is 27.5 Å². The van der Waals surface area contributed by atoms with Gasteiger partial charge in [0.1, 0.15) is 5.65 Å². The van der Waals surface area contributed by atoms with Gasteiger partial charge in [0.15, 0.2) is 0 Å². The lowest BCUT2D eigenvalue weighted by molar-refractivity contribution is 0.748. The number of nitrogens with zero attached hydrogens (tertiary/aromatic N) is 4. The van der Waals surface area contributed by atoms with Crippen LogP contribution in [0, 0.1) is 20.8 Å². The molecule has 0 aliphatic rings. The number of rotatable bonds is 4. The molecule has 0 bridgehead atoms. The molecular formula is C15H22N4O. The van der Waals surface area contributed by atoms with E-state index in [0.29, 0.717) is 11.6 Å². The molecule has 0 unspecified atom stereocenters. The van der Waals surface area contributed by atoms with Crippen LogP contribution in [0.4, 0.5) is 5.95 Å². The minimum atomic E-state index is -0.250. The Bertz CT molecular complexity index is 690. The van der Waals surface area contributed by atoms with E-state index in [1.807, 2.05) is 31.7 Å². The van der Waals surface area contributed by atoms with E-state index in [0.717, 1.165) is 36.3 Å². The maximum atomic E-state index is 12.3. The number of anilines is 1. The SMILES string of the molecule is CCCN(CC)c1nc(=O)n2c(C)cc(C)c(C)c2n1. The minimum Gasteiger partial charge on any atom is -0.341 e. The van der Waals surface area contributed by atoms with Crippen molar-refractivity contribution in [1.82, 2.24) is 14.4 Å². The number of fused-ring (bicyclic) bond motifs is 1. The fourth-order valence-corrected chi connectivity index (χ4v) is 2.44. The summed E-state index contributed by atoms with van der Waals surface area (Å²) in [5.41, 5.74) is 3.51. The van der Waals surface area contributed by atoms with Gasteiger partial charge in [-0.1, -0.05) is 6.92 Å². The molecule has 2 aromatic heterocycles. The summed E-state index contributed by atoms with van der Waals surface area (Å²) in [5.74, 6) is 0.535. The summed E-state index contributed by atoms with van der Waals surface area (Å²) in [5, 5.41) is 0. The first-order valence-electron chi connectivity index (χ1n) is 7.12. The second-order valence-corrected chi connectivity index (χ2v) is 5.14. The Labute approximate surface area is 119 Å². The van der Waals surface area contributed by atoms with E-state index >= 15 is 0 Å². The highest BCUT2D eigenvalue weighted by molar-refractivity contribution is 5.54. The zero-order chi connectivity index (χ0) is 14.9. The highest BCUT2D eigenvalue weighted by atomic mass is 16.1. The van der Waals surface area contributed by atoms with Crippen molar-refractivity contribution >= 4 is 11.6 Å². The van der Waals surface area contributed by atoms with Gasteiger partial charge in [0.2, 0.25) is 5.95 Å². The van der Waals surface area contributed by atoms with E-state index in [1.165, 1.54) is 0 Å². The first-order valence-corrected chi connectivity index (χ1v) is 7.12. The quantitative estimate of drug-likeness (QED) is 0.858. The lowest BCUT2D eigenvalue weighted by Crippen LogP contribution is -2.31. The van der Waals surface area contributed by atoms with E-state index in [-0.39, 0.29) is 5.69 Å². The summed E-state index contributed by atoms with van der Waals surface area (Å²) < 4.78 is 1.59. The van der Waals surface area contributed by atoms with Gasteiger partial charge in [0.05, 0.1) is 0 Å². The van der Waals surface area contributed by atoms with Crippen molar-refractivity contribution in [3.63, 3.8) is 0 Å². The fraction of sp³-hybridized carbons (Fsp3) is 0.533. The van der Waals surface area contributed by atoms with E-state index in [1.54, 1.807) is 4.40 Å². The Morgan fingerprint density at radius 1 is 1.20 bits per heavy atom. The summed E-state index contributed by atoms with van der Waals surface area (Å²) in [4.78, 5) is 23.1. The topological polar surface area (TPSA) is 50.5 Å². The maximum absolute atomic E-state index is 12.3. The predicted octanol–water partition coefficient (Wildman–Crippen LogP) is 2.25. The molecule has 0 N–H and O–H groups in total. The molecule has 0 atom stereocenters. The Morgan fingerprint density at radius 2 is 1.90 bits per heavy atom. The molecule has 0 radical (unpaired) electrons. The minimum absolute atomic E-state index is 0.250. The van der Waals surface area contributed by atoms with Crippen LogP contribution in [0.5, 0.6) is 0 Å². The van der Waals surface area contributed by atoms with Crippen molar-refractivity contribution in [2.24, 2.45) is 0 Å². The number of aromatic nitrogens is 3. The highest BCUT2D eigenvalue weighted by Gasteiger charge is 2.13. The molecule has 5 heteroatoms. The van der Waals surface area contributed by atoms with Crippen LogP contribution in [-0.2, 0) is 0 Å². The van der Waals surface area contributed by atoms with Gasteiger partial charge in [-0.2, -0.15) is 9.97 Å². The zero-order valence-corrected chi connectivity index (χ0v) is 12.9. The van der Waals surface area contributed by atoms with Gasteiger partial charge < -0.3 is 4.90 Å². The van der Waals surface area contributed by atoms with Gasteiger partial charge in [-0.3, -0.25) is 0 Å². The van der Waals surface area contributed by atoms with Gasteiger partial charge in [-0.25, -0.2) is 9.20 Å². The van der Waals surface area contributed by atoms with E-state index < -0.39 is 0 Å². The zero-order valence-electron chi connectivity index (χ0n) is 12.9. The van der Waals surface area contributed by atoms with Gasteiger partial charge in [-0.05, 0) is 51.3 Å². The van der Waals surface area contributed by atoms with Crippen molar-refractivity contribution in [3.05, 3.63) is 33.4 Å². The molecule has 0 amide bonds. The smallest absolute Gasteiger partial charge is 0.341 e. The number of aryl methyl sites for hydroxylation is 3. The Kier molecular flexibility index (Phi) is 4.06. The van der Waals surface area contributed by atoms with Crippen molar-refractivity contribution in [3.8, 4) is 0 Å². The molecule has 0 spiro atoms. The lowest BCUT2D eigenvalue weighted by Gasteiger charge is -2.20. The third kappa shape index (κ3) is 2.40. The Morgan fingerprint density at radius 3 is 2.50 bits per heavy atom. The van der Waals surface area contributed by atoms with E-state index in [9.17, 15) is 4.79 Å². The normalized spacial score (nSPS) is 11.1. The van der Waals surface area contributed by atoms with Crippen LogP contribution >= 0.6 is 0 Å². The molecule has 2 aromatic rings. The molecule has 108 valence electrons. The molecule has 0 fully saturated rings. The highest BCUT2D eigenvalue weighted by Crippen LogP contribution is 2.16. The van der Waals surface area contributed by atoms with E-state index in [4.69, 9.17) is 0 Å². The Hall–Kier alpha value is -1.91. The van der Waals surface area contributed by atoms with Crippen LogP contribution in [0.2, 0.25) is 0 Å². The van der Waals surface area contributed by atoms with Gasteiger partial charge in [0.25, 0.3) is 0 Å². The summed E-state index contributed by atoms with van der Waals surface area (Å²) >= 11 is 0. The average Bonchev–Trinajstić information content (AvgIpc) is 2.41. The first kappa shape index (κ1) is 14.5. The van der Waals surface area contributed by atoms with Gasteiger partial charge in [-0.15, -0.1) is 0 Å². The average molecular weight is 274 g/mol. The second kappa shape index (κ2) is 5.61. The molecule has 0 aromatic carbocycles. The standard InChI is InChI=1S/C15H22N4O/c1-6-8-18(7-2)14-16-13-12(5)10(3)9-11(4)19(13)15(20)17-14/h9H,6-8H2,1-5H3. The third-order valence-electron chi connectivity index (χ3n) is 3.67. The van der Waals surface area contributed by atoms with E-state index in [2.05, 4.69) is 23.8 Å². The molecular weight excluding hydrogens is 252 g/mol. The Balaban J connectivity index is 2.74. The van der Waals surface area contributed by atoms with Crippen LogP contribution in [0.1, 0.15) is 37.1 Å². The molecule has 0 saturated heterocycles. The molecule has 2 rings (SSSR count). The first-order chi connectivity index (χ1) is 9.49. The molecule has 0 saturated carbocycles.